The van der Waals surface area contributed by atoms with Crippen LogP contribution in [0.4, 0.5) is 5.00 Å². The minimum absolute atomic E-state index is 0.0568. The van der Waals surface area contributed by atoms with E-state index in [1.165, 1.54) is 6.07 Å². The number of rotatable bonds is 3. The van der Waals surface area contributed by atoms with Crippen molar-refractivity contribution < 1.29 is 4.92 Å². The van der Waals surface area contributed by atoms with Gasteiger partial charge in [-0.3, -0.25) is 10.1 Å². The van der Waals surface area contributed by atoms with Crippen LogP contribution in [0.2, 0.25) is 0 Å². The molecule has 68 valence electrons. The summed E-state index contributed by atoms with van der Waals surface area (Å²) in [5, 5.41) is 18.9. The van der Waals surface area contributed by atoms with E-state index in [1.807, 2.05) is 6.07 Å². The molecule has 0 saturated heterocycles. The first kappa shape index (κ1) is 10.4. The average Bonchev–Trinajstić information content (AvgIpc) is 2.52. The van der Waals surface area contributed by atoms with Crippen LogP contribution in [0.5, 0.6) is 0 Å². The van der Waals surface area contributed by atoms with Crippen molar-refractivity contribution in [2.75, 3.05) is 0 Å². The van der Waals surface area contributed by atoms with Crippen molar-refractivity contribution in [1.82, 2.24) is 0 Å². The summed E-state index contributed by atoms with van der Waals surface area (Å²) in [6.45, 7) is 0. The molecule has 0 amide bonds. The van der Waals surface area contributed by atoms with Gasteiger partial charge in [-0.25, -0.2) is 0 Å². The van der Waals surface area contributed by atoms with Crippen LogP contribution in [-0.2, 0) is 0 Å². The van der Waals surface area contributed by atoms with E-state index in [2.05, 4.69) is 22.6 Å². The second-order valence-electron chi connectivity index (χ2n) is 2.26. The van der Waals surface area contributed by atoms with Crippen molar-refractivity contribution in [1.29, 1.82) is 5.26 Å². The summed E-state index contributed by atoms with van der Waals surface area (Å²) in [4.78, 5) is 10.8. The van der Waals surface area contributed by atoms with Crippen LogP contribution in [0, 0.1) is 21.4 Å². The second-order valence-corrected chi connectivity index (χ2v) is 4.86. The van der Waals surface area contributed by atoms with E-state index in [1.54, 1.807) is 6.07 Å². The molecule has 13 heavy (non-hydrogen) atoms. The number of hydrogen-bond acceptors (Lipinski definition) is 4. The average molecular weight is 308 g/mol. The lowest BCUT2D eigenvalue weighted by Crippen LogP contribution is -1.82. The molecule has 0 aliphatic carbocycles. The Morgan fingerprint density at radius 1 is 1.77 bits per heavy atom. The quantitative estimate of drug-likeness (QED) is 0.373. The van der Waals surface area contributed by atoms with Crippen LogP contribution in [0.15, 0.2) is 12.1 Å². The second kappa shape index (κ2) is 4.53. The zero-order chi connectivity index (χ0) is 9.84. The van der Waals surface area contributed by atoms with Gasteiger partial charge in [-0.15, -0.1) is 0 Å². The molecule has 1 rings (SSSR count). The number of hydrogen-bond donors (Lipinski definition) is 0. The predicted molar refractivity (Wildman–Crippen MR) is 58.0 cm³/mol. The van der Waals surface area contributed by atoms with E-state index in [4.69, 9.17) is 5.26 Å². The van der Waals surface area contributed by atoms with E-state index in [0.29, 0.717) is 6.42 Å². The molecule has 6 heteroatoms. The molecule has 0 fully saturated rings. The molecule has 0 aliphatic heterocycles. The van der Waals surface area contributed by atoms with Gasteiger partial charge in [-0.1, -0.05) is 33.9 Å². The third-order valence-corrected chi connectivity index (χ3v) is 4.06. The summed E-state index contributed by atoms with van der Waals surface area (Å²) < 4.78 is 0.0568. The fourth-order valence-electron chi connectivity index (χ4n) is 0.789. The fraction of sp³-hybridized carbons (Fsp3) is 0.286. The minimum Gasteiger partial charge on any atom is -0.258 e. The third kappa shape index (κ3) is 2.63. The summed E-state index contributed by atoms with van der Waals surface area (Å²) in [7, 11) is 0. The van der Waals surface area contributed by atoms with Crippen LogP contribution in [0.1, 0.15) is 15.2 Å². The number of nitrogens with zero attached hydrogens (tertiary/aromatic N) is 2. The molecule has 1 aromatic rings. The summed E-state index contributed by atoms with van der Waals surface area (Å²) in [5.41, 5.74) is 0. The standard InChI is InChI=1S/C7H5IN2O2S/c8-5(3-4-9)6-1-2-7(13-6)10(11)12/h1-2,5H,3H2. The van der Waals surface area contributed by atoms with Crippen molar-refractivity contribution in [3.8, 4) is 6.07 Å². The van der Waals surface area contributed by atoms with Crippen molar-refractivity contribution in [2.45, 2.75) is 10.3 Å². The molecule has 0 bridgehead atoms. The number of halogens is 1. The Hall–Kier alpha value is -0.680. The monoisotopic (exact) mass is 308 g/mol. The molecule has 0 aromatic carbocycles. The van der Waals surface area contributed by atoms with Gasteiger partial charge in [0.2, 0.25) is 0 Å². The topological polar surface area (TPSA) is 66.9 Å². The van der Waals surface area contributed by atoms with Gasteiger partial charge >= 0.3 is 5.00 Å². The zero-order valence-corrected chi connectivity index (χ0v) is 9.41. The van der Waals surface area contributed by atoms with Crippen molar-refractivity contribution in [3.63, 3.8) is 0 Å². The summed E-state index contributed by atoms with van der Waals surface area (Å²) in [5.74, 6) is 0. The van der Waals surface area contributed by atoms with E-state index in [0.717, 1.165) is 16.2 Å². The van der Waals surface area contributed by atoms with E-state index >= 15 is 0 Å². The molecule has 1 heterocycles. The first-order chi connectivity index (χ1) is 6.15. The van der Waals surface area contributed by atoms with Crippen molar-refractivity contribution in [2.24, 2.45) is 0 Å². The van der Waals surface area contributed by atoms with Crippen LogP contribution < -0.4 is 0 Å². The maximum atomic E-state index is 10.3. The third-order valence-electron chi connectivity index (χ3n) is 1.37. The van der Waals surface area contributed by atoms with Crippen LogP contribution >= 0.6 is 33.9 Å². The predicted octanol–water partition coefficient (Wildman–Crippen LogP) is 3.05. The lowest BCUT2D eigenvalue weighted by atomic mass is 10.3. The van der Waals surface area contributed by atoms with Crippen molar-refractivity contribution in [3.05, 3.63) is 27.1 Å². The molecular weight excluding hydrogens is 303 g/mol. The Morgan fingerprint density at radius 2 is 2.46 bits per heavy atom. The SMILES string of the molecule is N#CCC(I)c1ccc([N+](=O)[O-])s1. The Morgan fingerprint density at radius 3 is 2.92 bits per heavy atom. The van der Waals surface area contributed by atoms with Crippen LogP contribution in [-0.4, -0.2) is 4.92 Å². The molecule has 0 aliphatic rings. The Balaban J connectivity index is 2.80. The molecule has 4 nitrogen and oxygen atoms in total. The Bertz CT molecular complexity index is 358. The Labute approximate surface area is 92.5 Å². The summed E-state index contributed by atoms with van der Waals surface area (Å²) >= 11 is 3.24. The highest BCUT2D eigenvalue weighted by atomic mass is 127. The number of alkyl halides is 1. The largest absolute Gasteiger partial charge is 0.324 e. The molecular formula is C7H5IN2O2S. The first-order valence-electron chi connectivity index (χ1n) is 3.40. The molecule has 1 atom stereocenters. The van der Waals surface area contributed by atoms with Gasteiger partial charge in [0.15, 0.2) is 0 Å². The molecule has 0 radical (unpaired) electrons. The van der Waals surface area contributed by atoms with Gasteiger partial charge in [-0.05, 0) is 6.07 Å². The lowest BCUT2D eigenvalue weighted by molar-refractivity contribution is -0.380. The zero-order valence-electron chi connectivity index (χ0n) is 6.44. The van der Waals surface area contributed by atoms with Gasteiger partial charge < -0.3 is 0 Å². The van der Waals surface area contributed by atoms with Gasteiger partial charge in [0.05, 0.1) is 21.3 Å². The maximum absolute atomic E-state index is 10.3. The number of nitriles is 1. The number of nitro groups is 1. The van der Waals surface area contributed by atoms with Gasteiger partial charge in [0.25, 0.3) is 0 Å². The Kier molecular flexibility index (Phi) is 3.62. The van der Waals surface area contributed by atoms with Gasteiger partial charge in [0, 0.05) is 10.9 Å². The van der Waals surface area contributed by atoms with Crippen LogP contribution in [0.3, 0.4) is 0 Å². The summed E-state index contributed by atoms with van der Waals surface area (Å²) in [6.07, 6.45) is 0.387. The normalized spacial score (nSPS) is 12.0. The van der Waals surface area contributed by atoms with Gasteiger partial charge in [0.1, 0.15) is 0 Å². The number of thiophene rings is 1. The molecule has 0 N–H and O–H groups in total. The molecule has 0 spiro atoms. The highest BCUT2D eigenvalue weighted by Crippen LogP contribution is 2.35. The van der Waals surface area contributed by atoms with Crippen LogP contribution in [0.25, 0.3) is 0 Å². The fourth-order valence-corrected chi connectivity index (χ4v) is 2.37. The lowest BCUT2D eigenvalue weighted by Gasteiger charge is -1.98. The molecule has 1 unspecified atom stereocenters. The highest BCUT2D eigenvalue weighted by molar-refractivity contribution is 14.1. The van der Waals surface area contributed by atoms with E-state index in [-0.39, 0.29) is 8.93 Å². The summed E-state index contributed by atoms with van der Waals surface area (Å²) in [6, 6.07) is 5.21. The highest BCUT2D eigenvalue weighted by Gasteiger charge is 2.14. The minimum atomic E-state index is -0.413. The van der Waals surface area contributed by atoms with E-state index < -0.39 is 4.92 Å². The molecule has 0 saturated carbocycles. The smallest absolute Gasteiger partial charge is 0.258 e. The molecule has 1 aromatic heterocycles. The van der Waals surface area contributed by atoms with Gasteiger partial charge in [-0.2, -0.15) is 5.26 Å². The van der Waals surface area contributed by atoms with E-state index in [9.17, 15) is 10.1 Å². The first-order valence-corrected chi connectivity index (χ1v) is 5.46. The maximum Gasteiger partial charge on any atom is 0.324 e. The van der Waals surface area contributed by atoms with Crippen molar-refractivity contribution >= 4 is 38.9 Å².